The molecule has 2 unspecified atom stereocenters. The molecular weight excluding hydrogens is 389 g/mol. The van der Waals surface area contributed by atoms with Crippen LogP contribution < -0.4 is 11.5 Å². The predicted molar refractivity (Wildman–Crippen MR) is 112 cm³/mol. The maximum Gasteiger partial charge on any atom is 0.479 e. The Balaban J connectivity index is 5.31. The smallest absolute Gasteiger partial charge is 0.416 e. The van der Waals surface area contributed by atoms with Crippen molar-refractivity contribution in [2.75, 3.05) is 26.3 Å². The molecule has 7 nitrogen and oxygen atoms in total. The van der Waals surface area contributed by atoms with Gasteiger partial charge in [-0.1, -0.05) is 0 Å². The number of hydrogen-bond donors (Lipinski definition) is 2. The van der Waals surface area contributed by atoms with Gasteiger partial charge in [-0.25, -0.2) is 0 Å². The summed E-state index contributed by atoms with van der Waals surface area (Å²) >= 11 is 0. The first kappa shape index (κ1) is 25.6. The zero-order valence-electron chi connectivity index (χ0n) is 17.4. The lowest BCUT2D eigenvalue weighted by atomic mass is 10.5. The summed E-state index contributed by atoms with van der Waals surface area (Å²) in [5.74, 6) is 0. The highest BCUT2D eigenvalue weighted by Gasteiger charge is 2.51. The summed E-state index contributed by atoms with van der Waals surface area (Å²) in [6, 6.07) is 0. The normalized spacial score (nSPS) is 18.0. The summed E-state index contributed by atoms with van der Waals surface area (Å²) in [4.78, 5) is 0. The van der Waals surface area contributed by atoms with Crippen LogP contribution in [0.15, 0.2) is 0 Å². The predicted octanol–water partition coefficient (Wildman–Crippen LogP) is 2.57. The molecule has 0 radical (unpaired) electrons. The van der Waals surface area contributed by atoms with Crippen LogP contribution in [0.25, 0.3) is 0 Å². The topological polar surface area (TPSA) is 98.2 Å². The third-order valence-corrected chi connectivity index (χ3v) is 15.1. The van der Waals surface area contributed by atoms with Crippen molar-refractivity contribution in [3.8, 4) is 0 Å². The molecule has 0 aromatic heterocycles. The van der Waals surface area contributed by atoms with E-state index in [9.17, 15) is 0 Å². The lowest BCUT2D eigenvalue weighted by Crippen LogP contribution is -2.61. The second kappa shape index (κ2) is 10.8. The molecule has 11 heteroatoms. The Morgan fingerprint density at radius 3 is 1.12 bits per heavy atom. The van der Waals surface area contributed by atoms with Crippen LogP contribution in [-0.2, 0) is 21.2 Å². The van der Waals surface area contributed by atoms with Gasteiger partial charge in [-0.05, 0) is 65.2 Å². The number of nitrogens with two attached hydrogens (primary N) is 2. The van der Waals surface area contributed by atoms with Crippen LogP contribution in [0.2, 0.25) is 52.4 Å². The van der Waals surface area contributed by atoms with Gasteiger partial charge in [0.05, 0.1) is 0 Å². The third kappa shape index (κ3) is 13.4. The highest BCUT2D eigenvalue weighted by molar-refractivity contribution is 6.86. The highest BCUT2D eigenvalue weighted by Crippen LogP contribution is 2.26. The average molecular weight is 429 g/mol. The van der Waals surface area contributed by atoms with E-state index in [1.165, 1.54) is 0 Å². The van der Waals surface area contributed by atoms with Crippen LogP contribution in [0.4, 0.5) is 0 Å². The van der Waals surface area contributed by atoms with Gasteiger partial charge in [0.2, 0.25) is 0 Å². The molecule has 4 N–H and O–H groups in total. The summed E-state index contributed by atoms with van der Waals surface area (Å²) in [7, 11) is -9.55. The molecule has 152 valence electrons. The van der Waals surface area contributed by atoms with E-state index in [1.54, 1.807) is 0 Å². The van der Waals surface area contributed by atoms with E-state index in [0.29, 0.717) is 26.3 Å². The van der Waals surface area contributed by atoms with Crippen LogP contribution in [0.1, 0.15) is 12.8 Å². The van der Waals surface area contributed by atoms with Gasteiger partial charge in [0.1, 0.15) is 0 Å². The van der Waals surface area contributed by atoms with Crippen molar-refractivity contribution in [3.05, 3.63) is 0 Å². The maximum absolute atomic E-state index is 6.45. The molecule has 0 spiro atoms. The summed E-state index contributed by atoms with van der Waals surface area (Å²) in [6.45, 7) is 18.8. The molecule has 0 aromatic carbocycles. The molecule has 0 rings (SSSR count). The second-order valence-corrected chi connectivity index (χ2v) is 23.2. The molecule has 0 amide bonds. The van der Waals surface area contributed by atoms with Gasteiger partial charge in [0.25, 0.3) is 0 Å². The molecule has 2 atom stereocenters. The molecule has 0 aliphatic heterocycles. The van der Waals surface area contributed by atoms with Gasteiger partial charge in [-0.2, -0.15) is 0 Å². The molecule has 0 aromatic rings. The standard InChI is InChI=1S/C14H40N2O5Si4/c1-22(2,3)19-24(7,17-13-9-11-15)21-25(8,18-14-10-12-16)20-23(4,5)6/h9-16H2,1-8H3. The van der Waals surface area contributed by atoms with E-state index in [-0.39, 0.29) is 0 Å². The quantitative estimate of drug-likeness (QED) is 0.324. The minimum absolute atomic E-state index is 0.518. The lowest BCUT2D eigenvalue weighted by molar-refractivity contribution is 0.102. The van der Waals surface area contributed by atoms with Crippen molar-refractivity contribution < 1.29 is 21.2 Å². The zero-order valence-corrected chi connectivity index (χ0v) is 21.4. The van der Waals surface area contributed by atoms with Crippen molar-refractivity contribution in [2.24, 2.45) is 11.5 Å². The Morgan fingerprint density at radius 2 is 0.880 bits per heavy atom. The van der Waals surface area contributed by atoms with E-state index >= 15 is 0 Å². The summed E-state index contributed by atoms with van der Waals surface area (Å²) in [5.41, 5.74) is 11.2. The van der Waals surface area contributed by atoms with Gasteiger partial charge >= 0.3 is 17.6 Å². The Hall–Kier alpha value is 0.588. The maximum atomic E-state index is 6.45. The van der Waals surface area contributed by atoms with Crippen LogP contribution in [0, 0.1) is 0 Å². The number of hydrogen-bond acceptors (Lipinski definition) is 7. The van der Waals surface area contributed by atoms with Crippen molar-refractivity contribution in [1.82, 2.24) is 0 Å². The van der Waals surface area contributed by atoms with Crippen molar-refractivity contribution >= 4 is 34.2 Å². The summed E-state index contributed by atoms with van der Waals surface area (Å²) < 4.78 is 31.3. The van der Waals surface area contributed by atoms with Gasteiger partial charge in [-0.3, -0.25) is 0 Å². The van der Waals surface area contributed by atoms with E-state index in [2.05, 4.69) is 39.3 Å². The zero-order chi connectivity index (χ0) is 19.8. The van der Waals surface area contributed by atoms with Gasteiger partial charge < -0.3 is 32.7 Å². The van der Waals surface area contributed by atoms with Crippen molar-refractivity contribution in [1.29, 1.82) is 0 Å². The fourth-order valence-electron chi connectivity index (χ4n) is 2.29. The van der Waals surface area contributed by atoms with Crippen LogP contribution in [0.5, 0.6) is 0 Å². The van der Waals surface area contributed by atoms with Crippen LogP contribution >= 0.6 is 0 Å². The molecule has 0 heterocycles. The van der Waals surface area contributed by atoms with Gasteiger partial charge in [-0.15, -0.1) is 0 Å². The molecule has 0 saturated carbocycles. The first-order valence-electron chi connectivity index (χ1n) is 9.03. The largest absolute Gasteiger partial charge is 0.479 e. The second-order valence-electron chi connectivity index (χ2n) is 8.24. The SMILES string of the molecule is C[Si](C)(C)O[Si](C)(OCCCN)O[Si](C)(OCCCN)O[Si](C)(C)C. The fourth-order valence-corrected chi connectivity index (χ4v) is 16.9. The van der Waals surface area contributed by atoms with E-state index in [1.807, 2.05) is 13.1 Å². The molecule has 0 aliphatic carbocycles. The average Bonchev–Trinajstić information content (AvgIpc) is 2.33. The highest BCUT2D eigenvalue weighted by atomic mass is 28.5. The Kier molecular flexibility index (Phi) is 11.1. The molecule has 0 fully saturated rings. The first-order valence-corrected chi connectivity index (χ1v) is 20.3. The van der Waals surface area contributed by atoms with Gasteiger partial charge in [0.15, 0.2) is 16.6 Å². The molecule has 25 heavy (non-hydrogen) atoms. The Bertz CT molecular complexity index is 347. The summed E-state index contributed by atoms with van der Waals surface area (Å²) in [6.07, 6.45) is 1.53. The molecule has 0 saturated heterocycles. The minimum atomic E-state index is -2.91. The van der Waals surface area contributed by atoms with E-state index in [4.69, 9.17) is 32.7 Å². The van der Waals surface area contributed by atoms with Crippen LogP contribution in [0.3, 0.4) is 0 Å². The third-order valence-electron chi connectivity index (χ3n) is 2.78. The Morgan fingerprint density at radius 1 is 0.560 bits per heavy atom. The van der Waals surface area contributed by atoms with E-state index in [0.717, 1.165) is 12.8 Å². The number of rotatable bonds is 14. The van der Waals surface area contributed by atoms with Crippen molar-refractivity contribution in [2.45, 2.75) is 65.2 Å². The molecular formula is C14H40N2O5Si4. The fraction of sp³-hybridized carbons (Fsp3) is 1.00. The van der Waals surface area contributed by atoms with Crippen LogP contribution in [-0.4, -0.2) is 60.5 Å². The van der Waals surface area contributed by atoms with Crippen molar-refractivity contribution in [3.63, 3.8) is 0 Å². The lowest BCUT2D eigenvalue weighted by Gasteiger charge is -2.40. The first-order chi connectivity index (χ1) is 11.2. The molecule has 0 aliphatic rings. The minimum Gasteiger partial charge on any atom is -0.416 e. The van der Waals surface area contributed by atoms with E-state index < -0.39 is 34.2 Å². The Labute approximate surface area is 158 Å². The molecule has 0 bridgehead atoms. The summed E-state index contributed by atoms with van der Waals surface area (Å²) in [5, 5.41) is 0. The van der Waals surface area contributed by atoms with Gasteiger partial charge in [0, 0.05) is 26.3 Å². The monoisotopic (exact) mass is 428 g/mol.